The highest BCUT2D eigenvalue weighted by atomic mass is 32.7. The number of nitrogens with two attached hydrogens (primary N) is 2. The fourth-order valence-electron chi connectivity index (χ4n) is 6.16. The minimum Gasteiger partial charge on any atom is -0.396 e. The number of rotatable bonds is 3. The third kappa shape index (κ3) is 5.64. The number of aliphatic hydroxyl groups excluding tert-OH is 2. The lowest BCUT2D eigenvalue weighted by Gasteiger charge is -2.28. The number of anilines is 2. The fourth-order valence-corrected chi connectivity index (χ4v) is 9.22. The van der Waals surface area contributed by atoms with Crippen LogP contribution in [0.1, 0.15) is 18.7 Å². The summed E-state index contributed by atoms with van der Waals surface area (Å²) in [5, 5.41) is 21.8. The van der Waals surface area contributed by atoms with Gasteiger partial charge in [-0.15, -0.1) is 0 Å². The lowest BCUT2D eigenvalue weighted by atomic mass is 9.99. The summed E-state index contributed by atoms with van der Waals surface area (Å²) in [7, 11) is 0. The van der Waals surface area contributed by atoms with Crippen molar-refractivity contribution in [3.05, 3.63) is 29.3 Å². The Labute approximate surface area is 268 Å². The standard InChI is InChI=1S/C22H28N10O10P2S2/c23-17-12-18(26-5-25-17)31(6-27-12)10-1-8-3-38-43(36,45)42-16-9(2-33)11(4-39-44(37,46)41-15(8)14(10)34)40-21(16)32-7-28-13-19(32)29-22(24)30-20(13)35/h5-11,14-16,21,33-34H,1-4H2,(H,36,45)(H,37,46)(H2,23,25,26)(H3,24,29,30,35)/t8?,9?,10?,11?,14?,15?,16?,21?,43-,44+/m1/s1. The number of nitrogens with zero attached hydrogens (tertiary/aromatic N) is 7. The molecule has 6 heterocycles. The van der Waals surface area contributed by atoms with Gasteiger partial charge in [0.05, 0.1) is 44.6 Å². The van der Waals surface area contributed by atoms with Crippen molar-refractivity contribution in [1.29, 1.82) is 0 Å². The zero-order valence-corrected chi connectivity index (χ0v) is 27.0. The van der Waals surface area contributed by atoms with Gasteiger partial charge in [-0.05, 0) is 6.42 Å². The molecule has 2 saturated heterocycles. The number of hydrogen-bond donors (Lipinski definition) is 7. The van der Waals surface area contributed by atoms with E-state index in [1.54, 1.807) is 4.57 Å². The predicted molar refractivity (Wildman–Crippen MR) is 165 cm³/mol. The molecule has 4 aromatic rings. The van der Waals surface area contributed by atoms with Crippen LogP contribution >= 0.6 is 38.1 Å². The molecule has 24 heteroatoms. The highest BCUT2D eigenvalue weighted by Gasteiger charge is 2.52. The number of thiol groups is 2. The van der Waals surface area contributed by atoms with Gasteiger partial charge < -0.3 is 35.5 Å². The molecule has 8 unspecified atom stereocenters. The maximum Gasteiger partial charge on any atom is 0.386 e. The lowest BCUT2D eigenvalue weighted by molar-refractivity contribution is -0.0501. The van der Waals surface area contributed by atoms with E-state index in [4.69, 9.17) is 34.3 Å². The van der Waals surface area contributed by atoms with Crippen LogP contribution in [0.5, 0.6) is 0 Å². The van der Waals surface area contributed by atoms with Crippen LogP contribution in [-0.2, 0) is 32.0 Å². The Balaban J connectivity index is 1.22. The van der Waals surface area contributed by atoms with E-state index in [0.717, 1.165) is 0 Å². The summed E-state index contributed by atoms with van der Waals surface area (Å²) < 4.78 is 59.4. The molecule has 10 atom stereocenters. The number of nitrogens with one attached hydrogen (secondary N) is 1. The quantitative estimate of drug-likeness (QED) is 0.112. The van der Waals surface area contributed by atoms with Crippen molar-refractivity contribution in [2.24, 2.45) is 11.8 Å². The average molecular weight is 719 g/mol. The van der Waals surface area contributed by atoms with Crippen molar-refractivity contribution in [3.8, 4) is 0 Å². The number of aromatic nitrogens is 8. The molecule has 3 fully saturated rings. The number of nitrogen functional groups attached to an aromatic ring is 2. The van der Waals surface area contributed by atoms with E-state index in [1.807, 2.05) is 0 Å². The fraction of sp³-hybridized carbons (Fsp3) is 0.545. The molecule has 0 radical (unpaired) electrons. The van der Waals surface area contributed by atoms with Gasteiger partial charge in [-0.25, -0.2) is 29.1 Å². The van der Waals surface area contributed by atoms with Crippen molar-refractivity contribution >= 4 is 72.2 Å². The van der Waals surface area contributed by atoms with E-state index < -0.39 is 80.9 Å². The molecule has 4 aromatic heterocycles. The summed E-state index contributed by atoms with van der Waals surface area (Å²) >= 11 is 8.35. The van der Waals surface area contributed by atoms with Gasteiger partial charge in [0, 0.05) is 11.8 Å². The molecule has 1 saturated carbocycles. The Bertz CT molecular complexity index is 1960. The molecule has 0 aromatic carbocycles. The van der Waals surface area contributed by atoms with Crippen LogP contribution in [0.25, 0.3) is 22.3 Å². The highest BCUT2D eigenvalue weighted by Crippen LogP contribution is 2.61. The van der Waals surface area contributed by atoms with E-state index in [0.29, 0.717) is 11.2 Å². The molecule has 2 bridgehead atoms. The largest absolute Gasteiger partial charge is 0.396 e. The molecule has 7 N–H and O–H groups in total. The minimum absolute atomic E-state index is 0.0187. The molecule has 46 heavy (non-hydrogen) atoms. The van der Waals surface area contributed by atoms with Gasteiger partial charge in [0.25, 0.3) is 5.56 Å². The number of fused-ring (bicyclic) bond motifs is 5. The number of imidazole rings is 2. The van der Waals surface area contributed by atoms with E-state index in [-0.39, 0.29) is 36.0 Å². The molecule has 3 aliphatic rings. The van der Waals surface area contributed by atoms with Crippen LogP contribution in [-0.4, -0.2) is 93.5 Å². The molecule has 7 rings (SSSR count). The van der Waals surface area contributed by atoms with Gasteiger partial charge in [0.15, 0.2) is 28.9 Å². The van der Waals surface area contributed by atoms with Crippen molar-refractivity contribution in [2.75, 3.05) is 31.3 Å². The Morgan fingerprint density at radius 2 is 1.67 bits per heavy atom. The van der Waals surface area contributed by atoms with Crippen molar-refractivity contribution in [2.45, 2.75) is 43.1 Å². The Hall–Kier alpha value is -2.62. The van der Waals surface area contributed by atoms with E-state index >= 15 is 0 Å². The van der Waals surface area contributed by atoms with Gasteiger partial charge in [-0.2, -0.15) is 4.98 Å². The van der Waals surface area contributed by atoms with Gasteiger partial charge in [-0.3, -0.25) is 27.9 Å². The number of aliphatic hydroxyl groups is 2. The summed E-state index contributed by atoms with van der Waals surface area (Å²) in [4.78, 5) is 35.4. The molecular formula is C22H28N10O10P2S2. The van der Waals surface area contributed by atoms with Gasteiger partial charge in [0.1, 0.15) is 30.2 Å². The minimum atomic E-state index is -4.26. The molecule has 20 nitrogen and oxygen atoms in total. The van der Waals surface area contributed by atoms with Crippen molar-refractivity contribution in [3.63, 3.8) is 0 Å². The number of ether oxygens (including phenoxy) is 1. The zero-order chi connectivity index (χ0) is 32.5. The first kappa shape index (κ1) is 32.0. The third-order valence-corrected chi connectivity index (χ3v) is 11.5. The maximum atomic E-state index is 13.7. The second kappa shape index (κ2) is 11.8. The van der Waals surface area contributed by atoms with Crippen LogP contribution in [0.15, 0.2) is 23.8 Å². The van der Waals surface area contributed by atoms with Crippen LogP contribution in [0, 0.1) is 11.8 Å². The molecule has 248 valence electrons. The normalized spacial score (nSPS) is 37.1. The summed E-state index contributed by atoms with van der Waals surface area (Å²) in [6, 6.07) is -0.723. The van der Waals surface area contributed by atoms with Crippen LogP contribution in [0.4, 0.5) is 11.8 Å². The summed E-state index contributed by atoms with van der Waals surface area (Å²) in [5.74, 6) is -1.73. The number of H-pyrrole nitrogens is 1. The summed E-state index contributed by atoms with van der Waals surface area (Å²) in [5.41, 5.74) is 11.7. The van der Waals surface area contributed by atoms with Gasteiger partial charge >= 0.3 is 13.6 Å². The first-order chi connectivity index (χ1) is 21.9. The topological polar surface area (TPSA) is 280 Å². The van der Waals surface area contributed by atoms with Crippen LogP contribution in [0.3, 0.4) is 0 Å². The molecule has 1 aliphatic carbocycles. The molecule has 2 aliphatic heterocycles. The van der Waals surface area contributed by atoms with Crippen LogP contribution in [0.2, 0.25) is 0 Å². The van der Waals surface area contributed by atoms with Gasteiger partial charge in [0.2, 0.25) is 5.95 Å². The SMILES string of the molecule is Nc1nc2c(ncn2C2OC3CO[P@](=O)(S)OC4C(CO[P@@](=O)(S)OC2C3CO)CC(n2cnc3c(N)ncnc32)C4O)c(=O)[nH]1. The zero-order valence-electron chi connectivity index (χ0n) is 23.4. The molecular weight excluding hydrogens is 690 g/mol. The predicted octanol–water partition coefficient (Wildman–Crippen LogP) is 0.445. The smallest absolute Gasteiger partial charge is 0.386 e. The van der Waals surface area contributed by atoms with E-state index in [1.165, 1.54) is 23.5 Å². The Morgan fingerprint density at radius 1 is 0.978 bits per heavy atom. The number of aromatic amines is 1. The second-order valence-electron chi connectivity index (χ2n) is 11.0. The van der Waals surface area contributed by atoms with Crippen molar-refractivity contribution in [1.82, 2.24) is 39.0 Å². The molecule has 0 amide bonds. The monoisotopic (exact) mass is 718 g/mol. The first-order valence-electron chi connectivity index (χ1n) is 13.8. The van der Waals surface area contributed by atoms with E-state index in [9.17, 15) is 24.1 Å². The van der Waals surface area contributed by atoms with Crippen molar-refractivity contribution < 1.29 is 42.2 Å². The van der Waals surface area contributed by atoms with Crippen LogP contribution < -0.4 is 17.0 Å². The summed E-state index contributed by atoms with van der Waals surface area (Å²) in [6.07, 6.45) is -1.89. The Kier molecular flexibility index (Phi) is 8.21. The number of hydrogen-bond acceptors (Lipinski definition) is 17. The van der Waals surface area contributed by atoms with E-state index in [2.05, 4.69) is 54.4 Å². The second-order valence-corrected chi connectivity index (χ2v) is 16.7. The third-order valence-electron chi connectivity index (χ3n) is 8.28. The first-order valence-corrected chi connectivity index (χ1v) is 19.2. The average Bonchev–Trinajstić information content (AvgIpc) is 3.75. The molecule has 0 spiro atoms. The highest BCUT2D eigenvalue weighted by molar-refractivity contribution is 8.44. The lowest BCUT2D eigenvalue weighted by Crippen LogP contribution is -2.33. The maximum absolute atomic E-state index is 13.7. The van der Waals surface area contributed by atoms with Gasteiger partial charge in [-0.1, -0.05) is 24.5 Å². The Morgan fingerprint density at radius 3 is 2.43 bits per heavy atom. The summed E-state index contributed by atoms with van der Waals surface area (Å²) in [6.45, 7) is -9.84.